The molecule has 0 atom stereocenters. The average Bonchev–Trinajstić information content (AvgIpc) is 2.72. The molecule has 0 saturated carbocycles. The lowest BCUT2D eigenvalue weighted by molar-refractivity contribution is 0.0698. The maximum Gasteiger partial charge on any atom is 0.337 e. The Morgan fingerprint density at radius 3 is 2.72 bits per heavy atom. The van der Waals surface area contributed by atoms with Gasteiger partial charge in [0, 0.05) is 13.8 Å². The van der Waals surface area contributed by atoms with Crippen LogP contribution in [0.2, 0.25) is 0 Å². The Morgan fingerprint density at radius 1 is 1.33 bits per heavy atom. The van der Waals surface area contributed by atoms with E-state index in [4.69, 9.17) is 5.11 Å². The first-order chi connectivity index (χ1) is 8.58. The number of rotatable bonds is 4. The lowest BCUT2D eigenvalue weighted by atomic mass is 10.2. The first-order valence-electron chi connectivity index (χ1n) is 5.06. The van der Waals surface area contributed by atoms with Gasteiger partial charge in [0.2, 0.25) is 0 Å². The van der Waals surface area contributed by atoms with Crippen LogP contribution in [0.15, 0.2) is 38.6 Å². The highest BCUT2D eigenvalue weighted by Crippen LogP contribution is 2.26. The summed E-state index contributed by atoms with van der Waals surface area (Å²) < 4.78 is 1.88. The number of hydrogen-bond acceptors (Lipinski definition) is 3. The van der Waals surface area contributed by atoms with E-state index in [-0.39, 0.29) is 5.56 Å². The fourth-order valence-corrected chi connectivity index (χ4v) is 3.27. The Labute approximate surface area is 125 Å². The minimum Gasteiger partial charge on any atom is -0.478 e. The summed E-state index contributed by atoms with van der Waals surface area (Å²) in [6.07, 6.45) is 0. The summed E-state index contributed by atoms with van der Waals surface area (Å²) in [6, 6.07) is 7.04. The van der Waals surface area contributed by atoms with Crippen LogP contribution in [-0.2, 0) is 6.54 Å². The summed E-state index contributed by atoms with van der Waals surface area (Å²) in [7, 11) is 0. The van der Waals surface area contributed by atoms with Crippen LogP contribution in [0.1, 0.15) is 15.2 Å². The van der Waals surface area contributed by atoms with Gasteiger partial charge in [-0.25, -0.2) is 4.79 Å². The molecule has 1 aromatic carbocycles. The first kappa shape index (κ1) is 13.6. The van der Waals surface area contributed by atoms with E-state index in [0.717, 1.165) is 13.8 Å². The monoisotopic (exact) mass is 389 g/mol. The van der Waals surface area contributed by atoms with Crippen molar-refractivity contribution in [1.29, 1.82) is 0 Å². The molecule has 0 saturated heterocycles. The van der Waals surface area contributed by atoms with Crippen molar-refractivity contribution >= 4 is 54.9 Å². The van der Waals surface area contributed by atoms with Crippen molar-refractivity contribution in [2.75, 3.05) is 5.32 Å². The molecule has 0 aliphatic carbocycles. The second-order valence-corrected chi connectivity index (χ2v) is 6.31. The molecular weight excluding hydrogens is 382 g/mol. The Bertz CT molecular complexity index is 583. The van der Waals surface area contributed by atoms with Gasteiger partial charge in [0.25, 0.3) is 0 Å². The standard InChI is InChI=1S/C12H9Br2NO2S/c13-7-1-2-8(12(16)17)10(5-7)15-6-11-9(14)3-4-18-11/h1-5,15H,6H2,(H,16,17). The van der Waals surface area contributed by atoms with Crippen LogP contribution in [0.4, 0.5) is 5.69 Å². The molecular formula is C12H9Br2NO2S. The number of carboxylic acids is 1. The zero-order chi connectivity index (χ0) is 13.1. The van der Waals surface area contributed by atoms with E-state index in [1.54, 1.807) is 29.5 Å². The van der Waals surface area contributed by atoms with Gasteiger partial charge in [-0.2, -0.15) is 0 Å². The number of nitrogens with one attached hydrogen (secondary N) is 1. The Balaban J connectivity index is 2.20. The SMILES string of the molecule is O=C(O)c1ccc(Br)cc1NCc1sccc1Br. The summed E-state index contributed by atoms with van der Waals surface area (Å²) in [6.45, 7) is 0.592. The minimum absolute atomic E-state index is 0.269. The minimum atomic E-state index is -0.935. The number of benzene rings is 1. The molecule has 94 valence electrons. The molecule has 0 fully saturated rings. The second kappa shape index (κ2) is 5.86. The highest BCUT2D eigenvalue weighted by atomic mass is 79.9. The molecule has 1 heterocycles. The van der Waals surface area contributed by atoms with Crippen molar-refractivity contribution in [1.82, 2.24) is 0 Å². The number of thiophene rings is 1. The fourth-order valence-electron chi connectivity index (χ4n) is 1.48. The molecule has 0 radical (unpaired) electrons. The van der Waals surface area contributed by atoms with Crippen molar-refractivity contribution in [2.24, 2.45) is 0 Å². The summed E-state index contributed by atoms with van der Waals surface area (Å²) >= 11 is 8.40. The molecule has 0 unspecified atom stereocenters. The van der Waals surface area contributed by atoms with Gasteiger partial charge >= 0.3 is 5.97 Å². The van der Waals surface area contributed by atoms with Crippen LogP contribution in [0.5, 0.6) is 0 Å². The van der Waals surface area contributed by atoms with Crippen LogP contribution < -0.4 is 5.32 Å². The number of anilines is 1. The topological polar surface area (TPSA) is 49.3 Å². The maximum atomic E-state index is 11.1. The molecule has 6 heteroatoms. The molecule has 3 nitrogen and oxygen atoms in total. The van der Waals surface area contributed by atoms with Crippen molar-refractivity contribution in [3.63, 3.8) is 0 Å². The van der Waals surface area contributed by atoms with Gasteiger partial charge < -0.3 is 10.4 Å². The third kappa shape index (κ3) is 3.13. The molecule has 0 amide bonds. The van der Waals surface area contributed by atoms with Crippen molar-refractivity contribution in [2.45, 2.75) is 6.54 Å². The predicted octanol–water partition coefficient (Wildman–Crippen LogP) is 4.58. The molecule has 2 rings (SSSR count). The summed E-state index contributed by atoms with van der Waals surface area (Å²) in [5.41, 5.74) is 0.878. The molecule has 0 bridgehead atoms. The van der Waals surface area contributed by atoms with Gasteiger partial charge in [-0.1, -0.05) is 15.9 Å². The lowest BCUT2D eigenvalue weighted by Gasteiger charge is -2.09. The predicted molar refractivity (Wildman–Crippen MR) is 80.4 cm³/mol. The average molecular weight is 391 g/mol. The van der Waals surface area contributed by atoms with E-state index in [1.807, 2.05) is 11.4 Å². The summed E-state index contributed by atoms with van der Waals surface area (Å²) in [4.78, 5) is 12.2. The highest BCUT2D eigenvalue weighted by molar-refractivity contribution is 9.10. The van der Waals surface area contributed by atoms with Crippen LogP contribution in [-0.4, -0.2) is 11.1 Å². The van der Waals surface area contributed by atoms with E-state index < -0.39 is 5.97 Å². The number of carbonyl (C=O) groups is 1. The summed E-state index contributed by atoms with van der Waals surface area (Å²) in [5, 5.41) is 14.2. The van der Waals surface area contributed by atoms with Gasteiger partial charge in [0.15, 0.2) is 0 Å². The van der Waals surface area contributed by atoms with Crippen LogP contribution in [0, 0.1) is 0 Å². The third-order valence-electron chi connectivity index (χ3n) is 2.34. The maximum absolute atomic E-state index is 11.1. The quantitative estimate of drug-likeness (QED) is 0.802. The Morgan fingerprint density at radius 2 is 2.11 bits per heavy atom. The number of aromatic carboxylic acids is 1. The van der Waals surface area contributed by atoms with Gasteiger partial charge in [-0.3, -0.25) is 0 Å². The van der Waals surface area contributed by atoms with E-state index >= 15 is 0 Å². The van der Waals surface area contributed by atoms with Crippen molar-refractivity contribution in [3.05, 3.63) is 49.0 Å². The molecule has 0 aliphatic heterocycles. The second-order valence-electron chi connectivity index (χ2n) is 3.54. The number of hydrogen-bond donors (Lipinski definition) is 2. The molecule has 1 aromatic heterocycles. The van der Waals surface area contributed by atoms with E-state index in [1.165, 1.54) is 0 Å². The zero-order valence-electron chi connectivity index (χ0n) is 9.11. The van der Waals surface area contributed by atoms with Crippen LogP contribution >= 0.6 is 43.2 Å². The third-order valence-corrected chi connectivity index (χ3v) is 4.76. The molecule has 2 aromatic rings. The van der Waals surface area contributed by atoms with Gasteiger partial charge in [0.05, 0.1) is 17.8 Å². The van der Waals surface area contributed by atoms with Gasteiger partial charge in [-0.05, 0) is 45.6 Å². The number of halogens is 2. The molecule has 0 spiro atoms. The van der Waals surface area contributed by atoms with Crippen LogP contribution in [0.3, 0.4) is 0 Å². The largest absolute Gasteiger partial charge is 0.478 e. The summed E-state index contributed by atoms with van der Waals surface area (Å²) in [5.74, 6) is -0.935. The highest BCUT2D eigenvalue weighted by Gasteiger charge is 2.10. The normalized spacial score (nSPS) is 10.3. The van der Waals surface area contributed by atoms with E-state index in [0.29, 0.717) is 12.2 Å². The Kier molecular flexibility index (Phi) is 4.42. The Hall–Kier alpha value is -0.850. The van der Waals surface area contributed by atoms with Crippen molar-refractivity contribution < 1.29 is 9.90 Å². The molecule has 0 aliphatic rings. The lowest BCUT2D eigenvalue weighted by Crippen LogP contribution is -2.05. The van der Waals surface area contributed by atoms with Crippen molar-refractivity contribution in [3.8, 4) is 0 Å². The van der Waals surface area contributed by atoms with Gasteiger partial charge in [0.1, 0.15) is 0 Å². The zero-order valence-corrected chi connectivity index (χ0v) is 13.1. The van der Waals surface area contributed by atoms with E-state index in [2.05, 4.69) is 37.2 Å². The van der Waals surface area contributed by atoms with E-state index in [9.17, 15) is 4.79 Å². The van der Waals surface area contributed by atoms with Crippen LogP contribution in [0.25, 0.3) is 0 Å². The first-order valence-corrected chi connectivity index (χ1v) is 7.53. The molecule has 18 heavy (non-hydrogen) atoms. The van der Waals surface area contributed by atoms with Gasteiger partial charge in [-0.15, -0.1) is 11.3 Å². The number of carboxylic acid groups (broad SMARTS) is 1. The fraction of sp³-hybridized carbons (Fsp3) is 0.0833. The molecule has 2 N–H and O–H groups in total. The smallest absolute Gasteiger partial charge is 0.337 e.